The maximum atomic E-state index is 12.9. The number of amides is 2. The summed E-state index contributed by atoms with van der Waals surface area (Å²) in [5, 5.41) is 15.4. The highest BCUT2D eigenvalue weighted by molar-refractivity contribution is 5.99. The first-order chi connectivity index (χ1) is 13.1. The quantitative estimate of drug-likeness (QED) is 0.619. The fourth-order valence-corrected chi connectivity index (χ4v) is 2.55. The zero-order valence-electron chi connectivity index (χ0n) is 14.4. The third kappa shape index (κ3) is 4.65. The smallest absolute Gasteiger partial charge is 0.253 e. The zero-order chi connectivity index (χ0) is 19.2. The molecule has 3 aromatic rings. The summed E-state index contributed by atoms with van der Waals surface area (Å²) in [7, 11) is 0. The van der Waals surface area contributed by atoms with Gasteiger partial charge >= 0.3 is 0 Å². The lowest BCUT2D eigenvalue weighted by Crippen LogP contribution is -2.48. The minimum absolute atomic E-state index is 0.156. The molecule has 0 spiro atoms. The predicted molar refractivity (Wildman–Crippen MR) is 98.3 cm³/mol. The monoisotopic (exact) mass is 367 g/mol. The lowest BCUT2D eigenvalue weighted by molar-refractivity contribution is -0.124. The molecule has 2 aromatic carbocycles. The number of pyridine rings is 1. The van der Waals surface area contributed by atoms with Gasteiger partial charge in [0.1, 0.15) is 11.9 Å². The second-order valence-corrected chi connectivity index (χ2v) is 5.97. The van der Waals surface area contributed by atoms with Crippen molar-refractivity contribution in [2.45, 2.75) is 12.6 Å². The SMILES string of the molecule is O=C(NC(CO)C(=O)NCc1ccc(F)cc1)c1cnc2ccccc2c1. The van der Waals surface area contributed by atoms with Crippen LogP contribution >= 0.6 is 0 Å². The first-order valence-corrected chi connectivity index (χ1v) is 8.35. The number of aliphatic hydroxyl groups is 1. The fraction of sp³-hybridized carbons (Fsp3) is 0.150. The van der Waals surface area contributed by atoms with Crippen LogP contribution in [0.2, 0.25) is 0 Å². The number of carbonyl (C=O) groups excluding carboxylic acids is 2. The van der Waals surface area contributed by atoms with Gasteiger partial charge in [-0.2, -0.15) is 0 Å². The van der Waals surface area contributed by atoms with Gasteiger partial charge < -0.3 is 15.7 Å². The number of benzene rings is 2. The summed E-state index contributed by atoms with van der Waals surface area (Å²) in [6, 6.07) is 13.6. The maximum absolute atomic E-state index is 12.9. The number of halogens is 1. The highest BCUT2D eigenvalue weighted by Gasteiger charge is 2.20. The Bertz CT molecular complexity index is 960. The maximum Gasteiger partial charge on any atom is 0.253 e. The molecule has 138 valence electrons. The van der Waals surface area contributed by atoms with Crippen molar-refractivity contribution in [2.24, 2.45) is 0 Å². The summed E-state index contributed by atoms with van der Waals surface area (Å²) in [5.74, 6) is -1.41. The first-order valence-electron chi connectivity index (χ1n) is 8.35. The second kappa shape index (κ2) is 8.37. The van der Waals surface area contributed by atoms with E-state index in [0.29, 0.717) is 11.1 Å². The Labute approximate surface area is 155 Å². The van der Waals surface area contributed by atoms with E-state index in [0.717, 1.165) is 10.9 Å². The van der Waals surface area contributed by atoms with E-state index in [1.165, 1.54) is 18.3 Å². The summed E-state index contributed by atoms with van der Waals surface area (Å²) in [4.78, 5) is 28.8. The lowest BCUT2D eigenvalue weighted by Gasteiger charge is -2.16. The van der Waals surface area contributed by atoms with E-state index < -0.39 is 24.5 Å². The number of rotatable bonds is 6. The van der Waals surface area contributed by atoms with Gasteiger partial charge in [-0.25, -0.2) is 4.39 Å². The summed E-state index contributed by atoms with van der Waals surface area (Å²) >= 11 is 0. The Kier molecular flexibility index (Phi) is 5.73. The number of aromatic nitrogens is 1. The molecular weight excluding hydrogens is 349 g/mol. The van der Waals surface area contributed by atoms with Crippen molar-refractivity contribution < 1.29 is 19.1 Å². The van der Waals surface area contributed by atoms with Gasteiger partial charge in [0.25, 0.3) is 5.91 Å². The molecule has 0 aliphatic carbocycles. The lowest BCUT2D eigenvalue weighted by atomic mass is 10.1. The number of fused-ring (bicyclic) bond motifs is 1. The normalized spacial score (nSPS) is 11.8. The van der Waals surface area contributed by atoms with Gasteiger partial charge in [-0.15, -0.1) is 0 Å². The van der Waals surface area contributed by atoms with Gasteiger partial charge in [0.15, 0.2) is 0 Å². The number of aliphatic hydroxyl groups excluding tert-OH is 1. The summed E-state index contributed by atoms with van der Waals surface area (Å²) in [6.07, 6.45) is 1.42. The molecule has 1 atom stereocenters. The topological polar surface area (TPSA) is 91.3 Å². The van der Waals surface area contributed by atoms with E-state index in [2.05, 4.69) is 15.6 Å². The van der Waals surface area contributed by atoms with Crippen LogP contribution in [0.5, 0.6) is 0 Å². The molecule has 1 unspecified atom stereocenters. The Morgan fingerprint density at radius 1 is 1.11 bits per heavy atom. The van der Waals surface area contributed by atoms with Crippen LogP contribution < -0.4 is 10.6 Å². The fourth-order valence-electron chi connectivity index (χ4n) is 2.55. The van der Waals surface area contributed by atoms with Crippen molar-refractivity contribution >= 4 is 22.7 Å². The van der Waals surface area contributed by atoms with E-state index >= 15 is 0 Å². The van der Waals surface area contributed by atoms with Crippen LogP contribution in [0.15, 0.2) is 60.8 Å². The third-order valence-corrected chi connectivity index (χ3v) is 4.04. The van der Waals surface area contributed by atoms with E-state index in [1.807, 2.05) is 24.3 Å². The molecule has 3 rings (SSSR count). The van der Waals surface area contributed by atoms with Gasteiger partial charge in [-0.3, -0.25) is 14.6 Å². The van der Waals surface area contributed by atoms with Crippen LogP contribution in [-0.4, -0.2) is 34.6 Å². The van der Waals surface area contributed by atoms with Crippen molar-refractivity contribution in [3.8, 4) is 0 Å². The van der Waals surface area contributed by atoms with Gasteiger partial charge in [0, 0.05) is 18.1 Å². The van der Waals surface area contributed by atoms with Crippen LogP contribution in [0.1, 0.15) is 15.9 Å². The van der Waals surface area contributed by atoms with E-state index in [9.17, 15) is 19.1 Å². The van der Waals surface area contributed by atoms with Crippen LogP contribution in [0.25, 0.3) is 10.9 Å². The molecule has 1 aromatic heterocycles. The molecular formula is C20H18FN3O3. The van der Waals surface area contributed by atoms with Crippen molar-refractivity contribution in [1.82, 2.24) is 15.6 Å². The molecule has 0 radical (unpaired) electrons. The summed E-state index contributed by atoms with van der Waals surface area (Å²) in [5.41, 5.74) is 1.75. The van der Waals surface area contributed by atoms with Gasteiger partial charge in [-0.1, -0.05) is 30.3 Å². The molecule has 0 saturated heterocycles. The molecule has 0 aliphatic rings. The number of hydrogen-bond donors (Lipinski definition) is 3. The van der Waals surface area contributed by atoms with Gasteiger partial charge in [-0.05, 0) is 29.8 Å². The Hall–Kier alpha value is -3.32. The molecule has 3 N–H and O–H groups in total. The Balaban J connectivity index is 1.63. The third-order valence-electron chi connectivity index (χ3n) is 4.04. The second-order valence-electron chi connectivity index (χ2n) is 5.97. The molecule has 27 heavy (non-hydrogen) atoms. The summed E-state index contributed by atoms with van der Waals surface area (Å²) < 4.78 is 12.9. The molecule has 1 heterocycles. The van der Waals surface area contributed by atoms with Crippen molar-refractivity contribution in [2.75, 3.05) is 6.61 Å². The Morgan fingerprint density at radius 3 is 2.59 bits per heavy atom. The van der Waals surface area contributed by atoms with Gasteiger partial charge in [0.05, 0.1) is 17.7 Å². The molecule has 7 heteroatoms. The number of nitrogens with one attached hydrogen (secondary N) is 2. The predicted octanol–water partition coefficient (Wildman–Crippen LogP) is 1.78. The highest BCUT2D eigenvalue weighted by Crippen LogP contribution is 2.12. The molecule has 0 saturated carbocycles. The summed E-state index contributed by atoms with van der Waals surface area (Å²) in [6.45, 7) is -0.398. The molecule has 2 amide bonds. The van der Waals surface area contributed by atoms with E-state index in [-0.39, 0.29) is 12.4 Å². The Morgan fingerprint density at radius 2 is 1.85 bits per heavy atom. The molecule has 0 fully saturated rings. The number of hydrogen-bond acceptors (Lipinski definition) is 4. The van der Waals surface area contributed by atoms with E-state index in [1.54, 1.807) is 18.2 Å². The van der Waals surface area contributed by atoms with Crippen LogP contribution in [0.4, 0.5) is 4.39 Å². The average molecular weight is 367 g/mol. The van der Waals surface area contributed by atoms with E-state index in [4.69, 9.17) is 0 Å². The first kappa shape index (κ1) is 18.5. The molecule has 6 nitrogen and oxygen atoms in total. The number of carbonyl (C=O) groups is 2. The highest BCUT2D eigenvalue weighted by atomic mass is 19.1. The largest absolute Gasteiger partial charge is 0.394 e. The van der Waals surface area contributed by atoms with Crippen molar-refractivity contribution in [3.05, 3.63) is 77.7 Å². The van der Waals surface area contributed by atoms with Crippen molar-refractivity contribution in [3.63, 3.8) is 0 Å². The molecule has 0 aliphatic heterocycles. The van der Waals surface area contributed by atoms with Crippen LogP contribution in [0, 0.1) is 5.82 Å². The standard InChI is InChI=1S/C20H18FN3O3/c21-16-7-5-13(6-8-16)10-23-20(27)18(12-25)24-19(26)15-9-14-3-1-2-4-17(14)22-11-15/h1-9,11,18,25H,10,12H2,(H,23,27)(H,24,26). The minimum atomic E-state index is -1.11. The number of nitrogens with zero attached hydrogens (tertiary/aromatic N) is 1. The zero-order valence-corrected chi connectivity index (χ0v) is 14.4. The van der Waals surface area contributed by atoms with Crippen LogP contribution in [-0.2, 0) is 11.3 Å². The average Bonchev–Trinajstić information content (AvgIpc) is 2.70. The van der Waals surface area contributed by atoms with Crippen molar-refractivity contribution in [1.29, 1.82) is 0 Å². The van der Waals surface area contributed by atoms with Gasteiger partial charge in [0.2, 0.25) is 5.91 Å². The minimum Gasteiger partial charge on any atom is -0.394 e. The van der Waals surface area contributed by atoms with Crippen LogP contribution in [0.3, 0.4) is 0 Å². The number of para-hydroxylation sites is 1. The molecule has 0 bridgehead atoms.